The Morgan fingerprint density at radius 2 is 1.84 bits per heavy atom. The van der Waals surface area contributed by atoms with Gasteiger partial charge in [0, 0.05) is 6.04 Å². The van der Waals surface area contributed by atoms with E-state index in [-0.39, 0.29) is 0 Å². The minimum atomic E-state index is 0.343. The molecule has 1 aliphatic carbocycles. The van der Waals surface area contributed by atoms with Gasteiger partial charge in [-0.25, -0.2) is 0 Å². The highest BCUT2D eigenvalue weighted by molar-refractivity contribution is 5.31. The Labute approximate surface area is 116 Å². The lowest BCUT2D eigenvalue weighted by molar-refractivity contribution is 0.135. The van der Waals surface area contributed by atoms with Gasteiger partial charge in [-0.2, -0.15) is 0 Å². The molecule has 1 fully saturated rings. The Balaban J connectivity index is 1.85. The van der Waals surface area contributed by atoms with Crippen LogP contribution in [-0.2, 0) is 0 Å². The van der Waals surface area contributed by atoms with Gasteiger partial charge in [0.25, 0.3) is 0 Å². The zero-order chi connectivity index (χ0) is 13.5. The first-order valence-electron chi connectivity index (χ1n) is 7.44. The lowest BCUT2D eigenvalue weighted by Gasteiger charge is -2.30. The first-order chi connectivity index (χ1) is 9.31. The molecule has 106 valence electrons. The molecule has 3 heteroatoms. The van der Waals surface area contributed by atoms with Crippen LogP contribution in [0, 0.1) is 0 Å². The van der Waals surface area contributed by atoms with E-state index in [2.05, 4.69) is 12.2 Å². The fourth-order valence-electron chi connectivity index (χ4n) is 2.70. The topological polar surface area (TPSA) is 30.5 Å². The van der Waals surface area contributed by atoms with Gasteiger partial charge in [0.15, 0.2) is 0 Å². The molecule has 0 heterocycles. The van der Waals surface area contributed by atoms with E-state index >= 15 is 0 Å². The summed E-state index contributed by atoms with van der Waals surface area (Å²) in [5.41, 5.74) is 0. The Kier molecular flexibility index (Phi) is 5.52. The third-order valence-electron chi connectivity index (χ3n) is 3.56. The molecule has 1 aromatic rings. The summed E-state index contributed by atoms with van der Waals surface area (Å²) in [6, 6.07) is 8.57. The van der Waals surface area contributed by atoms with E-state index in [1.165, 1.54) is 12.8 Å². The van der Waals surface area contributed by atoms with Crippen LogP contribution < -0.4 is 14.8 Å². The molecule has 0 aliphatic heterocycles. The molecule has 19 heavy (non-hydrogen) atoms. The Morgan fingerprint density at radius 3 is 2.53 bits per heavy atom. The fourth-order valence-corrected chi connectivity index (χ4v) is 2.70. The van der Waals surface area contributed by atoms with Gasteiger partial charge in [0.05, 0.1) is 6.61 Å². The van der Waals surface area contributed by atoms with Gasteiger partial charge in [0.2, 0.25) is 0 Å². The summed E-state index contributed by atoms with van der Waals surface area (Å²) < 4.78 is 11.5. The number of ether oxygens (including phenoxy) is 2. The molecule has 1 N–H and O–H groups in total. The minimum Gasteiger partial charge on any atom is -0.494 e. The van der Waals surface area contributed by atoms with Crippen LogP contribution in [0.4, 0.5) is 0 Å². The van der Waals surface area contributed by atoms with Crippen LogP contribution in [0.25, 0.3) is 0 Å². The van der Waals surface area contributed by atoms with Gasteiger partial charge in [-0.05, 0) is 63.4 Å². The van der Waals surface area contributed by atoms with Crippen LogP contribution >= 0.6 is 0 Å². The van der Waals surface area contributed by atoms with Gasteiger partial charge in [-0.3, -0.25) is 0 Å². The van der Waals surface area contributed by atoms with E-state index < -0.39 is 0 Å². The molecular formula is C16H25NO2. The largest absolute Gasteiger partial charge is 0.494 e. The second kappa shape index (κ2) is 7.39. The molecule has 1 aliphatic rings. The molecule has 0 aromatic heterocycles. The summed E-state index contributed by atoms with van der Waals surface area (Å²) in [5.74, 6) is 1.86. The Bertz CT molecular complexity index is 362. The first kappa shape index (κ1) is 14.2. The van der Waals surface area contributed by atoms with Crippen LogP contribution in [0.1, 0.15) is 39.5 Å². The minimum absolute atomic E-state index is 0.343. The summed E-state index contributed by atoms with van der Waals surface area (Å²) in [4.78, 5) is 0. The van der Waals surface area contributed by atoms with Crippen molar-refractivity contribution in [1.82, 2.24) is 5.32 Å². The van der Waals surface area contributed by atoms with Gasteiger partial charge < -0.3 is 14.8 Å². The van der Waals surface area contributed by atoms with Crippen molar-refractivity contribution >= 4 is 0 Å². The summed E-state index contributed by atoms with van der Waals surface area (Å²) in [7, 11) is 0. The lowest BCUT2D eigenvalue weighted by atomic mass is 9.93. The highest BCUT2D eigenvalue weighted by Crippen LogP contribution is 2.25. The molecule has 0 amide bonds. The van der Waals surface area contributed by atoms with E-state index in [1.807, 2.05) is 31.2 Å². The van der Waals surface area contributed by atoms with E-state index in [0.29, 0.717) is 18.8 Å². The third kappa shape index (κ3) is 4.43. The molecule has 1 aromatic carbocycles. The van der Waals surface area contributed by atoms with Crippen molar-refractivity contribution in [1.29, 1.82) is 0 Å². The maximum absolute atomic E-state index is 6.07. The highest BCUT2D eigenvalue weighted by Gasteiger charge is 2.22. The molecule has 3 nitrogen and oxygen atoms in total. The second-order valence-corrected chi connectivity index (χ2v) is 5.07. The quantitative estimate of drug-likeness (QED) is 0.853. The van der Waals surface area contributed by atoms with Crippen LogP contribution in [0.3, 0.4) is 0 Å². The smallest absolute Gasteiger partial charge is 0.119 e. The molecule has 2 atom stereocenters. The molecule has 0 bridgehead atoms. The van der Waals surface area contributed by atoms with Crippen LogP contribution in [0.5, 0.6) is 11.5 Å². The lowest BCUT2D eigenvalue weighted by Crippen LogP contribution is -2.37. The second-order valence-electron chi connectivity index (χ2n) is 5.07. The zero-order valence-electron chi connectivity index (χ0n) is 12.0. The first-order valence-corrected chi connectivity index (χ1v) is 7.44. The number of hydrogen-bond donors (Lipinski definition) is 1. The van der Waals surface area contributed by atoms with Crippen molar-refractivity contribution in [3.63, 3.8) is 0 Å². The van der Waals surface area contributed by atoms with Gasteiger partial charge in [0.1, 0.15) is 17.6 Å². The zero-order valence-corrected chi connectivity index (χ0v) is 12.0. The number of nitrogens with one attached hydrogen (secondary N) is 1. The van der Waals surface area contributed by atoms with Crippen molar-refractivity contribution in [2.45, 2.75) is 51.7 Å². The summed E-state index contributed by atoms with van der Waals surface area (Å²) in [6.07, 6.45) is 5.14. The van der Waals surface area contributed by atoms with Crippen molar-refractivity contribution in [2.24, 2.45) is 0 Å². The maximum Gasteiger partial charge on any atom is 0.119 e. The summed E-state index contributed by atoms with van der Waals surface area (Å²) in [6.45, 7) is 5.90. The standard InChI is InChI=1S/C16H25NO2/c1-3-17-13-6-5-7-16(12-13)19-15-10-8-14(9-11-15)18-4-2/h8-11,13,16-17H,3-7,12H2,1-2H3. The van der Waals surface area contributed by atoms with E-state index in [0.717, 1.165) is 30.9 Å². The SMILES string of the molecule is CCNC1CCCC(Oc2ccc(OCC)cc2)C1. The van der Waals surface area contributed by atoms with E-state index in [1.54, 1.807) is 0 Å². The molecule has 1 saturated carbocycles. The maximum atomic E-state index is 6.07. The molecule has 2 unspecified atom stereocenters. The van der Waals surface area contributed by atoms with Crippen molar-refractivity contribution < 1.29 is 9.47 Å². The third-order valence-corrected chi connectivity index (χ3v) is 3.56. The van der Waals surface area contributed by atoms with Crippen molar-refractivity contribution in [2.75, 3.05) is 13.2 Å². The normalized spacial score (nSPS) is 23.1. The van der Waals surface area contributed by atoms with Crippen LogP contribution in [0.2, 0.25) is 0 Å². The molecule has 2 rings (SSSR count). The fraction of sp³-hybridized carbons (Fsp3) is 0.625. The van der Waals surface area contributed by atoms with Gasteiger partial charge >= 0.3 is 0 Å². The Morgan fingerprint density at radius 1 is 1.11 bits per heavy atom. The van der Waals surface area contributed by atoms with Gasteiger partial charge in [-0.1, -0.05) is 6.92 Å². The van der Waals surface area contributed by atoms with E-state index in [9.17, 15) is 0 Å². The van der Waals surface area contributed by atoms with E-state index in [4.69, 9.17) is 9.47 Å². The van der Waals surface area contributed by atoms with Crippen LogP contribution in [-0.4, -0.2) is 25.3 Å². The van der Waals surface area contributed by atoms with Crippen molar-refractivity contribution in [3.8, 4) is 11.5 Å². The molecule has 0 radical (unpaired) electrons. The monoisotopic (exact) mass is 263 g/mol. The number of benzene rings is 1. The predicted octanol–water partition coefficient (Wildman–Crippen LogP) is 3.38. The van der Waals surface area contributed by atoms with Crippen molar-refractivity contribution in [3.05, 3.63) is 24.3 Å². The Hall–Kier alpha value is -1.22. The molecular weight excluding hydrogens is 238 g/mol. The summed E-state index contributed by atoms with van der Waals surface area (Å²) in [5, 5.41) is 3.53. The highest BCUT2D eigenvalue weighted by atomic mass is 16.5. The molecule has 0 saturated heterocycles. The average Bonchev–Trinajstić information content (AvgIpc) is 2.42. The summed E-state index contributed by atoms with van der Waals surface area (Å²) >= 11 is 0. The predicted molar refractivity (Wildman–Crippen MR) is 78.0 cm³/mol. The number of hydrogen-bond acceptors (Lipinski definition) is 3. The average molecular weight is 263 g/mol. The molecule has 0 spiro atoms. The number of rotatable bonds is 6. The van der Waals surface area contributed by atoms with Crippen LogP contribution in [0.15, 0.2) is 24.3 Å². The van der Waals surface area contributed by atoms with Gasteiger partial charge in [-0.15, -0.1) is 0 Å².